The van der Waals surface area contributed by atoms with Crippen LogP contribution in [-0.4, -0.2) is 47.0 Å². The minimum Gasteiger partial charge on any atom is -0.345 e. The number of rotatable bonds is 2. The molecule has 7 heteroatoms. The number of piperazine rings is 1. The molecule has 0 atom stereocenters. The van der Waals surface area contributed by atoms with Crippen LogP contribution in [0.2, 0.25) is 0 Å². The third-order valence-corrected chi connectivity index (χ3v) is 5.39. The van der Waals surface area contributed by atoms with Gasteiger partial charge >= 0.3 is 0 Å². The molecule has 1 fully saturated rings. The number of pyridine rings is 1. The topological polar surface area (TPSA) is 69.3 Å². The Hall–Kier alpha value is -2.67. The van der Waals surface area contributed by atoms with Crippen LogP contribution in [-0.2, 0) is 0 Å². The molecule has 3 aromatic rings. The SMILES string of the molecule is Cc1cc(=O)[nH]c2cc(C(=O)N3CCN(c4nccs4)CC3)ccc12. The van der Waals surface area contributed by atoms with Gasteiger partial charge in [-0.3, -0.25) is 9.59 Å². The van der Waals surface area contributed by atoms with Gasteiger partial charge in [-0.15, -0.1) is 11.3 Å². The van der Waals surface area contributed by atoms with Gasteiger partial charge in [0.15, 0.2) is 5.13 Å². The molecule has 1 amide bonds. The highest BCUT2D eigenvalue weighted by molar-refractivity contribution is 7.13. The number of nitrogens with one attached hydrogen (secondary N) is 1. The predicted octanol–water partition coefficient (Wildman–Crippen LogP) is 2.26. The maximum absolute atomic E-state index is 12.8. The van der Waals surface area contributed by atoms with Gasteiger partial charge in [-0.25, -0.2) is 4.98 Å². The standard InChI is InChI=1S/C18H18N4O2S/c1-12-10-16(23)20-15-11-13(2-3-14(12)15)17(24)21-5-7-22(8-6-21)18-19-4-9-25-18/h2-4,9-11H,5-8H2,1H3,(H,20,23). The molecule has 0 radical (unpaired) electrons. The lowest BCUT2D eigenvalue weighted by Gasteiger charge is -2.34. The van der Waals surface area contributed by atoms with E-state index in [9.17, 15) is 9.59 Å². The molecule has 0 saturated carbocycles. The summed E-state index contributed by atoms with van der Waals surface area (Å²) in [5, 5.41) is 3.93. The van der Waals surface area contributed by atoms with Gasteiger partial charge in [0.05, 0.1) is 0 Å². The highest BCUT2D eigenvalue weighted by atomic mass is 32.1. The largest absolute Gasteiger partial charge is 0.345 e. The first-order valence-electron chi connectivity index (χ1n) is 8.19. The second kappa shape index (κ2) is 6.33. The Morgan fingerprint density at radius 3 is 2.72 bits per heavy atom. The van der Waals surface area contributed by atoms with E-state index in [0.717, 1.165) is 29.2 Å². The van der Waals surface area contributed by atoms with Crippen LogP contribution in [0.1, 0.15) is 15.9 Å². The Morgan fingerprint density at radius 1 is 1.20 bits per heavy atom. The van der Waals surface area contributed by atoms with E-state index < -0.39 is 0 Å². The number of hydrogen-bond acceptors (Lipinski definition) is 5. The van der Waals surface area contributed by atoms with Gasteiger partial charge in [-0.05, 0) is 24.6 Å². The molecule has 0 spiro atoms. The van der Waals surface area contributed by atoms with E-state index in [0.29, 0.717) is 24.2 Å². The molecule has 1 N–H and O–H groups in total. The molecule has 6 nitrogen and oxygen atoms in total. The third-order valence-electron chi connectivity index (χ3n) is 4.55. The van der Waals surface area contributed by atoms with E-state index in [2.05, 4.69) is 14.9 Å². The van der Waals surface area contributed by atoms with Crippen molar-refractivity contribution in [3.63, 3.8) is 0 Å². The number of hydrogen-bond donors (Lipinski definition) is 1. The fraction of sp³-hybridized carbons (Fsp3) is 0.278. The van der Waals surface area contributed by atoms with Gasteiger partial charge in [-0.2, -0.15) is 0 Å². The van der Waals surface area contributed by atoms with Crippen molar-refractivity contribution in [3.05, 3.63) is 57.3 Å². The van der Waals surface area contributed by atoms with Crippen molar-refractivity contribution in [2.75, 3.05) is 31.1 Å². The zero-order valence-electron chi connectivity index (χ0n) is 13.9. The maximum Gasteiger partial charge on any atom is 0.254 e. The van der Waals surface area contributed by atoms with Crippen LogP contribution in [0.15, 0.2) is 40.6 Å². The Morgan fingerprint density at radius 2 is 2.00 bits per heavy atom. The molecule has 0 unspecified atom stereocenters. The van der Waals surface area contributed by atoms with Crippen molar-refractivity contribution in [1.82, 2.24) is 14.9 Å². The number of aryl methyl sites for hydroxylation is 1. The molecule has 1 aliphatic heterocycles. The van der Waals surface area contributed by atoms with Crippen LogP contribution in [0.3, 0.4) is 0 Å². The Kier molecular flexibility index (Phi) is 4.01. The summed E-state index contributed by atoms with van der Waals surface area (Å²) >= 11 is 1.62. The number of nitrogens with zero attached hydrogens (tertiary/aromatic N) is 3. The number of aromatic amines is 1. The number of anilines is 1. The number of H-pyrrole nitrogens is 1. The van der Waals surface area contributed by atoms with Crippen LogP contribution in [0.25, 0.3) is 10.9 Å². The summed E-state index contributed by atoms with van der Waals surface area (Å²) in [5.41, 5.74) is 2.08. The van der Waals surface area contributed by atoms with Crippen molar-refractivity contribution in [1.29, 1.82) is 0 Å². The summed E-state index contributed by atoms with van der Waals surface area (Å²) in [7, 11) is 0. The van der Waals surface area contributed by atoms with Crippen molar-refractivity contribution >= 4 is 33.3 Å². The first-order valence-corrected chi connectivity index (χ1v) is 9.07. The molecule has 25 heavy (non-hydrogen) atoms. The van der Waals surface area contributed by atoms with Crippen molar-refractivity contribution in [2.45, 2.75) is 6.92 Å². The van der Waals surface area contributed by atoms with E-state index in [4.69, 9.17) is 0 Å². The average molecular weight is 354 g/mol. The zero-order valence-corrected chi connectivity index (χ0v) is 14.7. The third kappa shape index (κ3) is 3.02. The lowest BCUT2D eigenvalue weighted by atomic mass is 10.1. The van der Waals surface area contributed by atoms with Crippen LogP contribution in [0, 0.1) is 6.92 Å². The smallest absolute Gasteiger partial charge is 0.254 e. The predicted molar refractivity (Wildman–Crippen MR) is 99.5 cm³/mol. The Labute approximate surface area is 148 Å². The van der Waals surface area contributed by atoms with E-state index in [1.807, 2.05) is 29.3 Å². The number of fused-ring (bicyclic) bond motifs is 1. The number of carbonyl (C=O) groups excluding carboxylic acids is 1. The molecular formula is C18H18N4O2S. The highest BCUT2D eigenvalue weighted by Crippen LogP contribution is 2.21. The molecule has 1 aliphatic rings. The van der Waals surface area contributed by atoms with Gasteiger partial charge in [0.2, 0.25) is 5.56 Å². The first kappa shape index (κ1) is 15.8. The van der Waals surface area contributed by atoms with Crippen LogP contribution in [0.4, 0.5) is 5.13 Å². The normalized spacial score (nSPS) is 14.9. The van der Waals surface area contributed by atoms with Crippen LogP contribution in [0.5, 0.6) is 0 Å². The summed E-state index contributed by atoms with van der Waals surface area (Å²) in [4.78, 5) is 35.7. The highest BCUT2D eigenvalue weighted by Gasteiger charge is 2.23. The second-order valence-corrected chi connectivity index (χ2v) is 7.04. The molecule has 0 bridgehead atoms. The molecule has 4 rings (SSSR count). The van der Waals surface area contributed by atoms with Gasteiger partial charge in [-0.1, -0.05) is 6.07 Å². The lowest BCUT2D eigenvalue weighted by molar-refractivity contribution is 0.0747. The van der Waals surface area contributed by atoms with Crippen LogP contribution < -0.4 is 10.5 Å². The second-order valence-electron chi connectivity index (χ2n) is 6.17. The van der Waals surface area contributed by atoms with Crippen LogP contribution >= 0.6 is 11.3 Å². The molecule has 3 heterocycles. The molecule has 2 aromatic heterocycles. The number of carbonyl (C=O) groups is 1. The zero-order chi connectivity index (χ0) is 17.4. The fourth-order valence-electron chi connectivity index (χ4n) is 3.22. The molecular weight excluding hydrogens is 336 g/mol. The molecule has 0 aliphatic carbocycles. The first-order chi connectivity index (χ1) is 12.1. The fourth-order valence-corrected chi connectivity index (χ4v) is 3.92. The van der Waals surface area contributed by atoms with Crippen molar-refractivity contribution < 1.29 is 4.79 Å². The summed E-state index contributed by atoms with van der Waals surface area (Å²) in [5.74, 6) is 0.00282. The van der Waals surface area contributed by atoms with E-state index in [-0.39, 0.29) is 11.5 Å². The summed E-state index contributed by atoms with van der Waals surface area (Å²) in [6, 6.07) is 7.09. The Bertz CT molecular complexity index is 972. The molecule has 128 valence electrons. The van der Waals surface area contributed by atoms with E-state index in [1.54, 1.807) is 29.7 Å². The Balaban J connectivity index is 1.53. The minimum atomic E-state index is -0.147. The lowest BCUT2D eigenvalue weighted by Crippen LogP contribution is -2.48. The maximum atomic E-state index is 12.8. The summed E-state index contributed by atoms with van der Waals surface area (Å²) in [6.45, 7) is 4.80. The van der Waals surface area contributed by atoms with Gasteiger partial charge in [0, 0.05) is 60.3 Å². The van der Waals surface area contributed by atoms with Gasteiger partial charge < -0.3 is 14.8 Å². The van der Waals surface area contributed by atoms with Crippen molar-refractivity contribution in [3.8, 4) is 0 Å². The quantitative estimate of drug-likeness (QED) is 0.766. The van der Waals surface area contributed by atoms with Gasteiger partial charge in [0.25, 0.3) is 5.91 Å². The number of aromatic nitrogens is 2. The van der Waals surface area contributed by atoms with E-state index in [1.165, 1.54) is 0 Å². The summed E-state index contributed by atoms with van der Waals surface area (Å²) in [6.07, 6.45) is 1.80. The molecule has 1 aromatic carbocycles. The van der Waals surface area contributed by atoms with E-state index >= 15 is 0 Å². The average Bonchev–Trinajstić information content (AvgIpc) is 3.15. The minimum absolute atomic E-state index is 0.00282. The van der Waals surface area contributed by atoms with Gasteiger partial charge in [0.1, 0.15) is 0 Å². The summed E-state index contributed by atoms with van der Waals surface area (Å²) < 4.78 is 0. The van der Waals surface area contributed by atoms with Crippen molar-refractivity contribution in [2.24, 2.45) is 0 Å². The number of amides is 1. The number of thiazole rings is 1. The monoisotopic (exact) mass is 354 g/mol. The molecule has 1 saturated heterocycles. The number of benzene rings is 1.